The van der Waals surface area contributed by atoms with Crippen LogP contribution in [0.25, 0.3) is 0 Å². The van der Waals surface area contributed by atoms with Gasteiger partial charge in [0.15, 0.2) is 0 Å². The third kappa shape index (κ3) is 8.16. The van der Waals surface area contributed by atoms with Crippen molar-refractivity contribution < 1.29 is 5.11 Å². The first-order chi connectivity index (χ1) is 16.5. The van der Waals surface area contributed by atoms with Gasteiger partial charge in [-0.05, 0) is 119 Å². The highest BCUT2D eigenvalue weighted by Gasteiger charge is 2.61. The summed E-state index contributed by atoms with van der Waals surface area (Å²) < 4.78 is 0. The van der Waals surface area contributed by atoms with Gasteiger partial charge in [-0.15, -0.1) is 0 Å². The number of hydrogen-bond acceptors (Lipinski definition) is 5. The van der Waals surface area contributed by atoms with E-state index in [4.69, 9.17) is 5.26 Å². The number of rotatable bonds is 4. The predicted molar refractivity (Wildman–Crippen MR) is 148 cm³/mol. The van der Waals surface area contributed by atoms with Crippen molar-refractivity contribution in [3.8, 4) is 6.07 Å². The topological polar surface area (TPSA) is 53.7 Å². The van der Waals surface area contributed by atoms with E-state index in [-0.39, 0.29) is 11.6 Å². The van der Waals surface area contributed by atoms with Crippen LogP contribution in [-0.2, 0) is 0 Å². The fourth-order valence-electron chi connectivity index (χ4n) is 6.97. The number of aliphatic hydroxyl groups excluding tert-OH is 1. The van der Waals surface area contributed by atoms with Crippen LogP contribution in [0.1, 0.15) is 120 Å². The summed E-state index contributed by atoms with van der Waals surface area (Å²) in [5.41, 5.74) is 0.666. The Balaban J connectivity index is 0.000000185. The third-order valence-electron chi connectivity index (χ3n) is 9.08. The molecule has 3 heterocycles. The van der Waals surface area contributed by atoms with Gasteiger partial charge in [-0.2, -0.15) is 5.26 Å². The van der Waals surface area contributed by atoms with Gasteiger partial charge >= 0.3 is 0 Å². The van der Waals surface area contributed by atoms with Gasteiger partial charge in [0.2, 0.25) is 0 Å². The van der Waals surface area contributed by atoms with E-state index in [0.29, 0.717) is 30.3 Å². The summed E-state index contributed by atoms with van der Waals surface area (Å²) in [4.78, 5) is 7.45. The molecule has 3 saturated heterocycles. The van der Waals surface area contributed by atoms with Crippen LogP contribution in [0, 0.1) is 17.2 Å². The Morgan fingerprint density at radius 1 is 0.800 bits per heavy atom. The Morgan fingerprint density at radius 2 is 1.43 bits per heavy atom. The molecular weight excluding hydrogens is 432 g/mol. The molecule has 0 spiro atoms. The number of hydrogen-bond donors (Lipinski definition) is 1. The molecular formula is C30H58N4O. The number of fused-ring (bicyclic) bond motifs is 1. The molecule has 1 aliphatic carbocycles. The van der Waals surface area contributed by atoms with Crippen molar-refractivity contribution >= 4 is 0 Å². The number of nitriles is 1. The first-order valence-electron chi connectivity index (χ1n) is 14.8. The zero-order valence-corrected chi connectivity index (χ0v) is 24.5. The predicted octanol–water partition coefficient (Wildman–Crippen LogP) is 6.06. The van der Waals surface area contributed by atoms with Crippen molar-refractivity contribution in [2.75, 3.05) is 26.2 Å². The molecule has 1 saturated carbocycles. The van der Waals surface area contributed by atoms with Gasteiger partial charge in [0, 0.05) is 29.2 Å². The molecule has 3 aliphatic heterocycles. The molecule has 5 heteroatoms. The van der Waals surface area contributed by atoms with Crippen molar-refractivity contribution in [1.82, 2.24) is 14.7 Å². The fourth-order valence-corrected chi connectivity index (χ4v) is 6.97. The van der Waals surface area contributed by atoms with Gasteiger partial charge in [0.1, 0.15) is 0 Å². The Labute approximate surface area is 218 Å². The van der Waals surface area contributed by atoms with Crippen molar-refractivity contribution in [3.05, 3.63) is 0 Å². The Bertz CT molecular complexity index is 651. The second kappa shape index (κ2) is 13.8. The van der Waals surface area contributed by atoms with Crippen LogP contribution in [0.5, 0.6) is 0 Å². The summed E-state index contributed by atoms with van der Waals surface area (Å²) in [5, 5.41) is 18.2. The Kier molecular flexibility index (Phi) is 12.0. The fraction of sp³-hybridized carbons (Fsp3) is 0.967. The number of aliphatic hydroxyl groups is 1. The first-order valence-corrected chi connectivity index (χ1v) is 14.8. The molecule has 4 fully saturated rings. The molecule has 4 aliphatic rings. The van der Waals surface area contributed by atoms with E-state index in [0.717, 1.165) is 18.9 Å². The van der Waals surface area contributed by atoms with Crippen molar-refractivity contribution in [3.63, 3.8) is 0 Å². The molecule has 0 aromatic carbocycles. The minimum Gasteiger partial charge on any atom is -0.394 e. The normalized spacial score (nSPS) is 31.5. The van der Waals surface area contributed by atoms with Crippen LogP contribution in [0.2, 0.25) is 0 Å². The monoisotopic (exact) mass is 490 g/mol. The highest BCUT2D eigenvalue weighted by atomic mass is 16.3. The lowest BCUT2D eigenvalue weighted by Crippen LogP contribution is -2.47. The number of likely N-dealkylation sites (tertiary alicyclic amines) is 3. The summed E-state index contributed by atoms with van der Waals surface area (Å²) in [5.74, 6) is 0.815. The molecule has 204 valence electrons. The van der Waals surface area contributed by atoms with Gasteiger partial charge in [-0.3, -0.25) is 14.7 Å². The lowest BCUT2D eigenvalue weighted by molar-refractivity contribution is 0.0874. The molecule has 0 aromatic heterocycles. The summed E-state index contributed by atoms with van der Waals surface area (Å²) in [7, 11) is 0. The first kappa shape index (κ1) is 30.6. The maximum absolute atomic E-state index is 9.24. The van der Waals surface area contributed by atoms with E-state index < -0.39 is 0 Å². The summed E-state index contributed by atoms with van der Waals surface area (Å²) >= 11 is 0. The highest BCUT2D eigenvalue weighted by Crippen LogP contribution is 2.55. The standard InChI is InChI=1S/C11H23N.C10H18N2.C9H17NO/c1-10(2)12-9-7-5-6-8-11(12,3)4;1-9(2)12-7-5-3-4-6-10(12)8-11;1-7(2)10-4-3-8-5-9(8,10)6-11/h10H,5-9H2,1-4H3;9-10H,3-7H2,1-2H3;7-8,11H,3-6H2,1-2H3/t;;8-,9-/m..0/s1. The molecule has 5 nitrogen and oxygen atoms in total. The second-order valence-corrected chi connectivity index (χ2v) is 13.0. The number of nitrogens with zero attached hydrogens (tertiary/aromatic N) is 4. The number of piperidine rings is 1. The van der Waals surface area contributed by atoms with Gasteiger partial charge in [-0.25, -0.2) is 0 Å². The van der Waals surface area contributed by atoms with E-state index in [9.17, 15) is 5.11 Å². The molecule has 0 aromatic rings. The van der Waals surface area contributed by atoms with E-state index in [2.05, 4.69) is 76.2 Å². The van der Waals surface area contributed by atoms with E-state index in [1.165, 1.54) is 70.9 Å². The van der Waals surface area contributed by atoms with Gasteiger partial charge in [-0.1, -0.05) is 25.7 Å². The SMILES string of the molecule is CC(C)N1CCCCCC1(C)C.CC(C)N1CCCCCC1C#N.CC(C)N1CC[C@H]2C[C@]21CO. The van der Waals surface area contributed by atoms with E-state index >= 15 is 0 Å². The molecule has 35 heavy (non-hydrogen) atoms. The summed E-state index contributed by atoms with van der Waals surface area (Å²) in [6.45, 7) is 22.2. The van der Waals surface area contributed by atoms with Crippen molar-refractivity contribution in [2.24, 2.45) is 5.92 Å². The Morgan fingerprint density at radius 3 is 1.94 bits per heavy atom. The molecule has 1 unspecified atom stereocenters. The zero-order valence-electron chi connectivity index (χ0n) is 24.5. The average molecular weight is 491 g/mol. The molecule has 0 amide bonds. The largest absolute Gasteiger partial charge is 0.394 e. The van der Waals surface area contributed by atoms with Gasteiger partial charge in [0.05, 0.1) is 18.7 Å². The molecule has 3 atom stereocenters. The minimum absolute atomic E-state index is 0.174. The van der Waals surface area contributed by atoms with Crippen LogP contribution >= 0.6 is 0 Å². The smallest absolute Gasteiger partial charge is 0.0980 e. The third-order valence-corrected chi connectivity index (χ3v) is 9.08. The van der Waals surface area contributed by atoms with E-state index in [1.54, 1.807) is 0 Å². The highest BCUT2D eigenvalue weighted by molar-refractivity contribution is 5.16. The van der Waals surface area contributed by atoms with Gasteiger partial charge < -0.3 is 5.11 Å². The van der Waals surface area contributed by atoms with Crippen LogP contribution in [0.15, 0.2) is 0 Å². The van der Waals surface area contributed by atoms with Crippen molar-refractivity contribution in [1.29, 1.82) is 5.26 Å². The summed E-state index contributed by atoms with van der Waals surface area (Å²) in [6.07, 6.45) is 13.0. The maximum Gasteiger partial charge on any atom is 0.0980 e. The van der Waals surface area contributed by atoms with Crippen LogP contribution in [-0.4, -0.2) is 81.3 Å². The van der Waals surface area contributed by atoms with E-state index in [1.807, 2.05) is 0 Å². The molecule has 1 N–H and O–H groups in total. The second-order valence-electron chi connectivity index (χ2n) is 13.0. The van der Waals surface area contributed by atoms with Crippen molar-refractivity contribution in [2.45, 2.75) is 155 Å². The molecule has 0 bridgehead atoms. The lowest BCUT2D eigenvalue weighted by atomic mass is 9.96. The Hall–Kier alpha value is -0.670. The maximum atomic E-state index is 9.24. The zero-order chi connectivity index (χ0) is 26.2. The quantitative estimate of drug-likeness (QED) is 0.519. The summed E-state index contributed by atoms with van der Waals surface area (Å²) in [6, 6.07) is 4.41. The van der Waals surface area contributed by atoms with Gasteiger partial charge in [0.25, 0.3) is 0 Å². The molecule has 4 rings (SSSR count). The average Bonchev–Trinajstić information content (AvgIpc) is 3.50. The van der Waals surface area contributed by atoms with Crippen LogP contribution in [0.4, 0.5) is 0 Å². The lowest BCUT2D eigenvalue weighted by Gasteiger charge is -2.40. The van der Waals surface area contributed by atoms with Crippen LogP contribution < -0.4 is 0 Å². The van der Waals surface area contributed by atoms with Crippen LogP contribution in [0.3, 0.4) is 0 Å². The minimum atomic E-state index is 0.174. The molecule has 0 radical (unpaired) electrons.